The Morgan fingerprint density at radius 2 is 1.90 bits per heavy atom. The molecule has 2 aromatic rings. The van der Waals surface area contributed by atoms with Gasteiger partial charge >= 0.3 is 6.03 Å². The van der Waals surface area contributed by atoms with E-state index in [1.807, 2.05) is 30.3 Å². The van der Waals surface area contributed by atoms with Crippen LogP contribution < -0.4 is 16.0 Å². The Morgan fingerprint density at radius 1 is 1.20 bits per heavy atom. The van der Waals surface area contributed by atoms with Crippen LogP contribution in [0.5, 0.6) is 0 Å². The summed E-state index contributed by atoms with van der Waals surface area (Å²) < 4.78 is 5.44. The molecule has 0 unspecified atom stereocenters. The monoisotopic (exact) mass is 430 g/mol. The van der Waals surface area contributed by atoms with Crippen LogP contribution in [0.15, 0.2) is 30.3 Å². The first-order valence-corrected chi connectivity index (χ1v) is 10.7. The van der Waals surface area contributed by atoms with E-state index >= 15 is 0 Å². The Morgan fingerprint density at radius 3 is 2.53 bits per heavy atom. The molecule has 0 spiro atoms. The van der Waals surface area contributed by atoms with Crippen LogP contribution in [0.25, 0.3) is 11.4 Å². The standard InChI is InChI=1S/C20H26N6O3S/c1-25(2)20(28)23-15-5-3-14(4-6-15)19-22-16(12-30-13-17(21)27)11-18(24-19)26-7-9-29-10-8-26/h3-6,11H,7-10,12-13H2,1-2H3,(H2,21,27)(H,23,28). The zero-order chi connectivity index (χ0) is 21.5. The molecule has 3 amide bonds. The van der Waals surface area contributed by atoms with Gasteiger partial charge in [0.15, 0.2) is 5.82 Å². The van der Waals surface area contributed by atoms with Crippen molar-refractivity contribution in [1.29, 1.82) is 0 Å². The first-order valence-electron chi connectivity index (χ1n) is 9.58. The summed E-state index contributed by atoms with van der Waals surface area (Å²) in [4.78, 5) is 35.9. The number of carbonyl (C=O) groups excluding carboxylic acids is 2. The first-order chi connectivity index (χ1) is 14.4. The SMILES string of the molecule is CN(C)C(=O)Nc1ccc(-c2nc(CSCC(N)=O)cc(N3CCOCC3)n2)cc1. The summed E-state index contributed by atoms with van der Waals surface area (Å²) in [5, 5.41) is 2.81. The van der Waals surface area contributed by atoms with Gasteiger partial charge in [0.05, 0.1) is 24.7 Å². The van der Waals surface area contributed by atoms with Crippen molar-refractivity contribution < 1.29 is 14.3 Å². The molecule has 1 aromatic heterocycles. The van der Waals surface area contributed by atoms with E-state index in [0.717, 1.165) is 30.2 Å². The molecule has 160 valence electrons. The van der Waals surface area contributed by atoms with Gasteiger partial charge in [0.25, 0.3) is 0 Å². The highest BCUT2D eigenvalue weighted by molar-refractivity contribution is 7.99. The minimum Gasteiger partial charge on any atom is -0.378 e. The van der Waals surface area contributed by atoms with E-state index in [9.17, 15) is 9.59 Å². The molecule has 9 nitrogen and oxygen atoms in total. The highest BCUT2D eigenvalue weighted by Gasteiger charge is 2.16. The number of nitrogens with two attached hydrogens (primary N) is 1. The van der Waals surface area contributed by atoms with E-state index in [0.29, 0.717) is 30.5 Å². The predicted molar refractivity (Wildman–Crippen MR) is 119 cm³/mol. The molecule has 0 bridgehead atoms. The Hall–Kier alpha value is -2.85. The Balaban J connectivity index is 1.84. The lowest BCUT2D eigenvalue weighted by molar-refractivity contribution is -0.115. The predicted octanol–water partition coefficient (Wildman–Crippen LogP) is 1.79. The van der Waals surface area contributed by atoms with Gasteiger partial charge in [-0.2, -0.15) is 0 Å². The second-order valence-electron chi connectivity index (χ2n) is 7.00. The van der Waals surface area contributed by atoms with Crippen LogP contribution in [0.3, 0.4) is 0 Å². The Kier molecular flexibility index (Phi) is 7.47. The molecule has 0 radical (unpaired) electrons. The first kappa shape index (κ1) is 21.8. The molecule has 0 atom stereocenters. The van der Waals surface area contributed by atoms with E-state index in [2.05, 4.69) is 15.2 Å². The third-order valence-electron chi connectivity index (χ3n) is 4.40. The molecule has 1 fully saturated rings. The van der Waals surface area contributed by atoms with Crippen LogP contribution in [-0.2, 0) is 15.3 Å². The molecular weight excluding hydrogens is 404 g/mol. The smallest absolute Gasteiger partial charge is 0.321 e. The number of thioether (sulfide) groups is 1. The number of ether oxygens (including phenoxy) is 1. The van der Waals surface area contributed by atoms with Gasteiger partial charge in [-0.15, -0.1) is 11.8 Å². The third kappa shape index (κ3) is 6.07. The fourth-order valence-corrected chi connectivity index (χ4v) is 3.49. The number of primary amides is 1. The van der Waals surface area contributed by atoms with Gasteiger partial charge in [-0.3, -0.25) is 4.79 Å². The molecule has 0 saturated carbocycles. The number of nitrogens with zero attached hydrogens (tertiary/aromatic N) is 4. The quantitative estimate of drug-likeness (QED) is 0.688. The number of hydrogen-bond acceptors (Lipinski definition) is 7. The number of nitrogens with one attached hydrogen (secondary N) is 1. The third-order valence-corrected chi connectivity index (χ3v) is 5.38. The van der Waals surface area contributed by atoms with Crippen molar-refractivity contribution >= 4 is 35.2 Å². The lowest BCUT2D eigenvalue weighted by Gasteiger charge is -2.28. The molecule has 10 heteroatoms. The summed E-state index contributed by atoms with van der Waals surface area (Å²) in [6, 6.07) is 9.16. The summed E-state index contributed by atoms with van der Waals surface area (Å²) in [6.07, 6.45) is 0. The van der Waals surface area contributed by atoms with Crippen molar-refractivity contribution in [3.05, 3.63) is 36.0 Å². The molecule has 1 aliphatic rings. The van der Waals surface area contributed by atoms with Crippen LogP contribution in [0, 0.1) is 0 Å². The van der Waals surface area contributed by atoms with E-state index < -0.39 is 0 Å². The molecule has 3 rings (SSSR count). The Bertz CT molecular complexity index is 885. The van der Waals surface area contributed by atoms with Gasteiger partial charge in [0.1, 0.15) is 5.82 Å². The maximum absolute atomic E-state index is 11.8. The van der Waals surface area contributed by atoms with Gasteiger partial charge in [0.2, 0.25) is 5.91 Å². The van der Waals surface area contributed by atoms with Crippen LogP contribution in [0.2, 0.25) is 0 Å². The maximum atomic E-state index is 11.8. The zero-order valence-electron chi connectivity index (χ0n) is 17.1. The van der Waals surface area contributed by atoms with Crippen LogP contribution in [0.4, 0.5) is 16.3 Å². The summed E-state index contributed by atoms with van der Waals surface area (Å²) in [5.74, 6) is 1.89. The second kappa shape index (κ2) is 10.3. The largest absolute Gasteiger partial charge is 0.378 e. The summed E-state index contributed by atoms with van der Waals surface area (Å²) in [7, 11) is 3.37. The topological polar surface area (TPSA) is 114 Å². The molecule has 30 heavy (non-hydrogen) atoms. The number of rotatable bonds is 7. The molecule has 2 heterocycles. The second-order valence-corrected chi connectivity index (χ2v) is 7.99. The summed E-state index contributed by atoms with van der Waals surface area (Å²) in [5.41, 5.74) is 7.61. The van der Waals surface area contributed by atoms with Crippen molar-refractivity contribution in [3.63, 3.8) is 0 Å². The number of morpholine rings is 1. The molecule has 3 N–H and O–H groups in total. The number of amides is 3. The fraction of sp³-hybridized carbons (Fsp3) is 0.400. The summed E-state index contributed by atoms with van der Waals surface area (Å²) in [6.45, 7) is 2.84. The lowest BCUT2D eigenvalue weighted by atomic mass is 10.2. The van der Waals surface area contributed by atoms with E-state index in [4.69, 9.17) is 15.5 Å². The zero-order valence-corrected chi connectivity index (χ0v) is 17.9. The van der Waals surface area contributed by atoms with Gasteiger partial charge in [-0.1, -0.05) is 0 Å². The molecule has 1 aromatic carbocycles. The average Bonchev–Trinajstić information content (AvgIpc) is 2.74. The number of benzene rings is 1. The molecule has 1 saturated heterocycles. The normalized spacial score (nSPS) is 13.7. The van der Waals surface area contributed by atoms with Crippen LogP contribution in [0.1, 0.15) is 5.69 Å². The van der Waals surface area contributed by atoms with E-state index in [-0.39, 0.29) is 17.7 Å². The fourth-order valence-electron chi connectivity index (χ4n) is 2.83. The van der Waals surface area contributed by atoms with E-state index in [1.165, 1.54) is 16.7 Å². The number of anilines is 2. The van der Waals surface area contributed by atoms with Crippen molar-refractivity contribution in [1.82, 2.24) is 14.9 Å². The van der Waals surface area contributed by atoms with Crippen molar-refractivity contribution in [2.75, 3.05) is 56.4 Å². The number of urea groups is 1. The number of aromatic nitrogens is 2. The van der Waals surface area contributed by atoms with Crippen LogP contribution in [-0.4, -0.2) is 73.0 Å². The van der Waals surface area contributed by atoms with Gasteiger partial charge in [-0.25, -0.2) is 14.8 Å². The van der Waals surface area contributed by atoms with Gasteiger partial charge < -0.3 is 25.6 Å². The molecule has 1 aliphatic heterocycles. The van der Waals surface area contributed by atoms with Crippen molar-refractivity contribution in [2.45, 2.75) is 5.75 Å². The number of hydrogen-bond donors (Lipinski definition) is 2. The highest BCUT2D eigenvalue weighted by atomic mass is 32.2. The van der Waals surface area contributed by atoms with E-state index in [1.54, 1.807) is 14.1 Å². The van der Waals surface area contributed by atoms with Crippen molar-refractivity contribution in [2.24, 2.45) is 5.73 Å². The minimum atomic E-state index is -0.349. The van der Waals surface area contributed by atoms with Gasteiger partial charge in [0, 0.05) is 50.3 Å². The highest BCUT2D eigenvalue weighted by Crippen LogP contribution is 2.24. The Labute approximate surface area is 180 Å². The summed E-state index contributed by atoms with van der Waals surface area (Å²) >= 11 is 1.43. The molecular formula is C20H26N6O3S. The van der Waals surface area contributed by atoms with Gasteiger partial charge in [-0.05, 0) is 24.3 Å². The lowest BCUT2D eigenvalue weighted by Crippen LogP contribution is -2.37. The average molecular weight is 431 g/mol. The molecule has 0 aliphatic carbocycles. The van der Waals surface area contributed by atoms with Crippen molar-refractivity contribution in [3.8, 4) is 11.4 Å². The maximum Gasteiger partial charge on any atom is 0.321 e. The van der Waals surface area contributed by atoms with Crippen LogP contribution >= 0.6 is 11.8 Å². The number of carbonyl (C=O) groups is 2. The minimum absolute atomic E-state index is 0.193.